The number of nitrogens with zero attached hydrogens (tertiary/aromatic N) is 3. The molecule has 1 saturated heterocycles. The molecule has 6 heteroatoms. The van der Waals surface area contributed by atoms with Gasteiger partial charge in [0, 0.05) is 45.3 Å². The summed E-state index contributed by atoms with van der Waals surface area (Å²) < 4.78 is 0. The van der Waals surface area contributed by atoms with E-state index in [1.807, 2.05) is 11.0 Å². The second kappa shape index (κ2) is 10.8. The second-order valence-electron chi connectivity index (χ2n) is 7.49. The van der Waals surface area contributed by atoms with Crippen LogP contribution in [0.5, 0.6) is 0 Å². The predicted molar refractivity (Wildman–Crippen MR) is 98.4 cm³/mol. The lowest BCUT2D eigenvalue weighted by Crippen LogP contribution is -2.32. The van der Waals surface area contributed by atoms with Crippen molar-refractivity contribution in [2.45, 2.75) is 47.0 Å². The van der Waals surface area contributed by atoms with E-state index in [-0.39, 0.29) is 17.4 Å². The average Bonchev–Trinajstić information content (AvgIpc) is 2.92. The van der Waals surface area contributed by atoms with Crippen LogP contribution in [-0.4, -0.2) is 54.3 Å². The van der Waals surface area contributed by atoms with Gasteiger partial charge in [-0.25, -0.2) is 0 Å². The molecule has 0 spiro atoms. The molecule has 0 saturated carbocycles. The number of nitriles is 1. The first kappa shape index (κ1) is 21.0. The van der Waals surface area contributed by atoms with Crippen LogP contribution in [0.25, 0.3) is 0 Å². The van der Waals surface area contributed by atoms with Crippen molar-refractivity contribution in [1.29, 1.82) is 5.26 Å². The molecule has 6 nitrogen and oxygen atoms in total. The Hall–Kier alpha value is -2.03. The Morgan fingerprint density at radius 3 is 2.44 bits per heavy atom. The number of likely N-dealkylation sites (tertiary alicyclic amines) is 1. The highest BCUT2D eigenvalue weighted by Crippen LogP contribution is 2.10. The third kappa shape index (κ3) is 8.06. The van der Waals surface area contributed by atoms with Gasteiger partial charge in [0.05, 0.1) is 0 Å². The standard InChI is InChI=1S/C19H32N4O2/c1-15(2)12-22(13-16(3)4)14-17(11-20)19(25)21-8-6-10-23-9-5-7-18(23)24/h14-16H,5-10,12-13H2,1-4H3,(H,21,25)/b17-14-. The Morgan fingerprint density at radius 2 is 1.96 bits per heavy atom. The molecule has 2 amide bonds. The van der Waals surface area contributed by atoms with Crippen LogP contribution in [0.2, 0.25) is 0 Å². The largest absolute Gasteiger partial charge is 0.376 e. The van der Waals surface area contributed by atoms with Crippen molar-refractivity contribution < 1.29 is 9.59 Å². The lowest BCUT2D eigenvalue weighted by molar-refractivity contribution is -0.127. The summed E-state index contributed by atoms with van der Waals surface area (Å²) in [6.07, 6.45) is 3.94. The zero-order chi connectivity index (χ0) is 18.8. The molecule has 0 atom stereocenters. The van der Waals surface area contributed by atoms with Gasteiger partial charge in [0.25, 0.3) is 5.91 Å². The molecule has 0 aromatic heterocycles. The van der Waals surface area contributed by atoms with E-state index in [1.54, 1.807) is 6.20 Å². The van der Waals surface area contributed by atoms with Crippen molar-refractivity contribution in [3.05, 3.63) is 11.8 Å². The maximum Gasteiger partial charge on any atom is 0.263 e. The van der Waals surface area contributed by atoms with Gasteiger partial charge in [-0.2, -0.15) is 5.26 Å². The highest BCUT2D eigenvalue weighted by Gasteiger charge is 2.19. The third-order valence-corrected chi connectivity index (χ3v) is 3.94. The fourth-order valence-corrected chi connectivity index (χ4v) is 2.95. The highest BCUT2D eigenvalue weighted by molar-refractivity contribution is 5.97. The molecule has 140 valence electrons. The van der Waals surface area contributed by atoms with Gasteiger partial charge in [-0.1, -0.05) is 27.7 Å². The first-order chi connectivity index (χ1) is 11.8. The first-order valence-electron chi connectivity index (χ1n) is 9.25. The summed E-state index contributed by atoms with van der Waals surface area (Å²) in [4.78, 5) is 27.7. The molecule has 0 radical (unpaired) electrons. The molecule has 1 aliphatic rings. The Balaban J connectivity index is 2.50. The highest BCUT2D eigenvalue weighted by atomic mass is 16.2. The predicted octanol–water partition coefficient (Wildman–Crippen LogP) is 2.14. The second-order valence-corrected chi connectivity index (χ2v) is 7.49. The fraction of sp³-hybridized carbons (Fsp3) is 0.737. The van der Waals surface area contributed by atoms with Crippen molar-refractivity contribution in [3.8, 4) is 6.07 Å². The molecule has 0 unspecified atom stereocenters. The molecule has 1 aliphatic heterocycles. The van der Waals surface area contributed by atoms with Gasteiger partial charge in [0.2, 0.25) is 5.91 Å². The van der Waals surface area contributed by atoms with Crippen LogP contribution in [-0.2, 0) is 9.59 Å². The van der Waals surface area contributed by atoms with E-state index in [0.717, 1.165) is 26.1 Å². The molecule has 1 N–H and O–H groups in total. The number of nitrogens with one attached hydrogen (secondary N) is 1. The molecule has 0 aromatic carbocycles. The van der Waals surface area contributed by atoms with Crippen LogP contribution < -0.4 is 5.32 Å². The van der Waals surface area contributed by atoms with Crippen molar-refractivity contribution >= 4 is 11.8 Å². The van der Waals surface area contributed by atoms with Crippen molar-refractivity contribution in [1.82, 2.24) is 15.1 Å². The maximum absolute atomic E-state index is 12.2. The summed E-state index contributed by atoms with van der Waals surface area (Å²) in [5.41, 5.74) is 0.138. The number of rotatable bonds is 10. The topological polar surface area (TPSA) is 76.4 Å². The average molecular weight is 348 g/mol. The molecule has 25 heavy (non-hydrogen) atoms. The van der Waals surface area contributed by atoms with Crippen LogP contribution in [0.1, 0.15) is 47.0 Å². The Labute approximate surface area is 151 Å². The molecular weight excluding hydrogens is 316 g/mol. The first-order valence-corrected chi connectivity index (χ1v) is 9.25. The molecule has 0 aromatic rings. The van der Waals surface area contributed by atoms with E-state index < -0.39 is 0 Å². The third-order valence-electron chi connectivity index (χ3n) is 3.94. The molecule has 0 aliphatic carbocycles. The van der Waals surface area contributed by atoms with Crippen molar-refractivity contribution in [2.24, 2.45) is 11.8 Å². The number of amides is 2. The van der Waals surface area contributed by atoms with Crippen LogP contribution in [0.15, 0.2) is 11.8 Å². The van der Waals surface area contributed by atoms with Crippen LogP contribution in [0.3, 0.4) is 0 Å². The van der Waals surface area contributed by atoms with Gasteiger partial charge in [-0.3, -0.25) is 9.59 Å². The summed E-state index contributed by atoms with van der Waals surface area (Å²) in [6, 6.07) is 2.01. The minimum atomic E-state index is -0.340. The Kier molecular flexibility index (Phi) is 9.04. The number of carbonyl (C=O) groups is 2. The van der Waals surface area contributed by atoms with E-state index in [1.165, 1.54) is 0 Å². The zero-order valence-electron chi connectivity index (χ0n) is 16.0. The lowest BCUT2D eigenvalue weighted by Gasteiger charge is -2.25. The maximum atomic E-state index is 12.2. The van der Waals surface area contributed by atoms with Gasteiger partial charge in [0.15, 0.2) is 0 Å². The van der Waals surface area contributed by atoms with Crippen LogP contribution >= 0.6 is 0 Å². The van der Waals surface area contributed by atoms with Gasteiger partial charge < -0.3 is 15.1 Å². The number of hydrogen-bond acceptors (Lipinski definition) is 4. The molecule has 0 bridgehead atoms. The van der Waals surface area contributed by atoms with E-state index in [9.17, 15) is 14.9 Å². The molecule has 1 fully saturated rings. The lowest BCUT2D eigenvalue weighted by atomic mass is 10.1. The number of hydrogen-bond donors (Lipinski definition) is 1. The van der Waals surface area contributed by atoms with E-state index in [4.69, 9.17) is 0 Å². The van der Waals surface area contributed by atoms with Crippen molar-refractivity contribution in [3.63, 3.8) is 0 Å². The summed E-state index contributed by atoms with van der Waals surface area (Å²) in [6.45, 7) is 12.0. The summed E-state index contributed by atoms with van der Waals surface area (Å²) in [5.74, 6) is 0.765. The molecule has 1 rings (SSSR count). The monoisotopic (exact) mass is 348 g/mol. The van der Waals surface area contributed by atoms with E-state index >= 15 is 0 Å². The van der Waals surface area contributed by atoms with Gasteiger partial charge in [-0.15, -0.1) is 0 Å². The van der Waals surface area contributed by atoms with Gasteiger partial charge in [0.1, 0.15) is 11.6 Å². The number of carbonyl (C=O) groups excluding carboxylic acids is 2. The van der Waals surface area contributed by atoms with E-state index in [0.29, 0.717) is 37.8 Å². The molecule has 1 heterocycles. The van der Waals surface area contributed by atoms with Gasteiger partial charge >= 0.3 is 0 Å². The van der Waals surface area contributed by atoms with Crippen molar-refractivity contribution in [2.75, 3.05) is 32.7 Å². The quantitative estimate of drug-likeness (QED) is 0.373. The van der Waals surface area contributed by atoms with Gasteiger partial charge in [-0.05, 0) is 24.7 Å². The minimum absolute atomic E-state index is 0.138. The summed E-state index contributed by atoms with van der Waals surface area (Å²) in [5, 5.41) is 12.1. The Bertz CT molecular complexity index is 510. The summed E-state index contributed by atoms with van der Waals surface area (Å²) in [7, 11) is 0. The Morgan fingerprint density at radius 1 is 1.32 bits per heavy atom. The minimum Gasteiger partial charge on any atom is -0.376 e. The smallest absolute Gasteiger partial charge is 0.263 e. The SMILES string of the molecule is CC(C)CN(/C=C(/C#N)C(=O)NCCCN1CCCC1=O)CC(C)C. The van der Waals surface area contributed by atoms with Crippen LogP contribution in [0.4, 0.5) is 0 Å². The molecular formula is C19H32N4O2. The summed E-state index contributed by atoms with van der Waals surface area (Å²) >= 11 is 0. The van der Waals surface area contributed by atoms with E-state index in [2.05, 4.69) is 37.9 Å². The van der Waals surface area contributed by atoms with Crippen LogP contribution in [0, 0.1) is 23.2 Å². The normalized spacial score (nSPS) is 15.0. The fourth-order valence-electron chi connectivity index (χ4n) is 2.95. The zero-order valence-corrected chi connectivity index (χ0v) is 16.0.